The SMILES string of the molecule is O=C1CC(NC(=O)c2ccc3c(c2)NCCN3)CN1. The molecule has 0 aliphatic carbocycles. The number of amides is 2. The van der Waals surface area contributed by atoms with Crippen LogP contribution in [0.1, 0.15) is 16.8 Å². The molecule has 0 spiro atoms. The van der Waals surface area contributed by atoms with Crippen LogP contribution >= 0.6 is 0 Å². The van der Waals surface area contributed by atoms with Gasteiger partial charge in [-0.15, -0.1) is 0 Å². The standard InChI is InChI=1S/C13H16N4O2/c18-12-6-9(7-16-12)17-13(19)8-1-2-10-11(5-8)15-4-3-14-10/h1-2,5,9,14-15H,3-4,6-7H2,(H,16,18)(H,17,19). The van der Waals surface area contributed by atoms with Gasteiger partial charge in [0.05, 0.1) is 17.4 Å². The van der Waals surface area contributed by atoms with E-state index in [4.69, 9.17) is 0 Å². The van der Waals surface area contributed by atoms with E-state index in [1.807, 2.05) is 12.1 Å². The summed E-state index contributed by atoms with van der Waals surface area (Å²) >= 11 is 0. The third-order valence-corrected chi connectivity index (χ3v) is 3.35. The molecule has 3 rings (SSSR count). The zero-order valence-electron chi connectivity index (χ0n) is 10.5. The number of rotatable bonds is 2. The van der Waals surface area contributed by atoms with Gasteiger partial charge in [-0.2, -0.15) is 0 Å². The Morgan fingerprint density at radius 2 is 1.95 bits per heavy atom. The summed E-state index contributed by atoms with van der Waals surface area (Å²) in [5, 5.41) is 12.1. The Labute approximate surface area is 110 Å². The number of carbonyl (C=O) groups excluding carboxylic acids is 2. The molecule has 1 saturated heterocycles. The van der Waals surface area contributed by atoms with Crippen LogP contribution in [0.25, 0.3) is 0 Å². The topological polar surface area (TPSA) is 82.3 Å². The van der Waals surface area contributed by atoms with Crippen molar-refractivity contribution in [3.63, 3.8) is 0 Å². The van der Waals surface area contributed by atoms with Crippen molar-refractivity contribution in [2.45, 2.75) is 12.5 Å². The van der Waals surface area contributed by atoms with Gasteiger partial charge in [0.2, 0.25) is 5.91 Å². The fourth-order valence-corrected chi connectivity index (χ4v) is 2.36. The van der Waals surface area contributed by atoms with E-state index in [0.29, 0.717) is 18.5 Å². The van der Waals surface area contributed by atoms with Crippen molar-refractivity contribution in [1.29, 1.82) is 0 Å². The maximum atomic E-state index is 12.1. The maximum absolute atomic E-state index is 12.1. The lowest BCUT2D eigenvalue weighted by atomic mass is 10.1. The molecule has 100 valence electrons. The highest BCUT2D eigenvalue weighted by molar-refractivity contribution is 5.97. The van der Waals surface area contributed by atoms with E-state index in [2.05, 4.69) is 21.3 Å². The highest BCUT2D eigenvalue weighted by atomic mass is 16.2. The Kier molecular flexibility index (Phi) is 2.98. The van der Waals surface area contributed by atoms with Gasteiger partial charge >= 0.3 is 0 Å². The summed E-state index contributed by atoms with van der Waals surface area (Å²) in [7, 11) is 0. The van der Waals surface area contributed by atoms with E-state index in [0.717, 1.165) is 24.5 Å². The van der Waals surface area contributed by atoms with Gasteiger partial charge in [0.15, 0.2) is 0 Å². The number of benzene rings is 1. The van der Waals surface area contributed by atoms with Gasteiger partial charge in [-0.25, -0.2) is 0 Å². The molecule has 0 bridgehead atoms. The largest absolute Gasteiger partial charge is 0.382 e. The molecule has 1 aromatic rings. The van der Waals surface area contributed by atoms with Crippen molar-refractivity contribution in [2.75, 3.05) is 30.3 Å². The van der Waals surface area contributed by atoms with Gasteiger partial charge in [0.25, 0.3) is 5.91 Å². The van der Waals surface area contributed by atoms with Crippen molar-refractivity contribution in [1.82, 2.24) is 10.6 Å². The number of anilines is 2. The second kappa shape index (κ2) is 4.79. The van der Waals surface area contributed by atoms with Gasteiger partial charge in [-0.1, -0.05) is 0 Å². The molecule has 6 nitrogen and oxygen atoms in total. The molecule has 0 radical (unpaired) electrons. The lowest BCUT2D eigenvalue weighted by Gasteiger charge is -2.20. The molecule has 1 fully saturated rings. The average molecular weight is 260 g/mol. The highest BCUT2D eigenvalue weighted by Crippen LogP contribution is 2.25. The highest BCUT2D eigenvalue weighted by Gasteiger charge is 2.23. The fourth-order valence-electron chi connectivity index (χ4n) is 2.36. The normalized spacial score (nSPS) is 20.8. The van der Waals surface area contributed by atoms with Crippen molar-refractivity contribution in [2.24, 2.45) is 0 Å². The van der Waals surface area contributed by atoms with E-state index in [-0.39, 0.29) is 17.9 Å². The number of nitrogens with one attached hydrogen (secondary N) is 4. The van der Waals surface area contributed by atoms with Gasteiger partial charge in [-0.05, 0) is 18.2 Å². The summed E-state index contributed by atoms with van der Waals surface area (Å²) in [5.74, 6) is -0.154. The Morgan fingerprint density at radius 1 is 1.16 bits per heavy atom. The molecule has 2 amide bonds. The second-order valence-electron chi connectivity index (χ2n) is 4.79. The third-order valence-electron chi connectivity index (χ3n) is 3.35. The first-order valence-corrected chi connectivity index (χ1v) is 6.42. The predicted molar refractivity (Wildman–Crippen MR) is 72.3 cm³/mol. The van der Waals surface area contributed by atoms with Crippen LogP contribution in [0.2, 0.25) is 0 Å². The van der Waals surface area contributed by atoms with Gasteiger partial charge < -0.3 is 21.3 Å². The second-order valence-corrected chi connectivity index (χ2v) is 4.79. The molecule has 6 heteroatoms. The molecule has 1 unspecified atom stereocenters. The van der Waals surface area contributed by atoms with Crippen LogP contribution in [0.15, 0.2) is 18.2 Å². The minimum Gasteiger partial charge on any atom is -0.382 e. The molecular formula is C13H16N4O2. The average Bonchev–Trinajstić information content (AvgIpc) is 2.83. The Morgan fingerprint density at radius 3 is 2.68 bits per heavy atom. The molecular weight excluding hydrogens is 244 g/mol. The van der Waals surface area contributed by atoms with Crippen molar-refractivity contribution in [3.05, 3.63) is 23.8 Å². The third kappa shape index (κ3) is 2.47. The summed E-state index contributed by atoms with van der Waals surface area (Å²) in [6.07, 6.45) is 0.358. The zero-order chi connectivity index (χ0) is 13.2. The summed E-state index contributed by atoms with van der Waals surface area (Å²) in [4.78, 5) is 23.2. The minimum absolute atomic E-state index is 0.0124. The summed E-state index contributed by atoms with van der Waals surface area (Å²) < 4.78 is 0. The lowest BCUT2D eigenvalue weighted by Crippen LogP contribution is -2.36. The predicted octanol–water partition coefficient (Wildman–Crippen LogP) is 0.142. The molecule has 0 aromatic heterocycles. The smallest absolute Gasteiger partial charge is 0.251 e. The number of carbonyl (C=O) groups is 2. The lowest BCUT2D eigenvalue weighted by molar-refractivity contribution is -0.119. The molecule has 2 heterocycles. The van der Waals surface area contributed by atoms with E-state index >= 15 is 0 Å². The van der Waals surface area contributed by atoms with Crippen LogP contribution in [0, 0.1) is 0 Å². The van der Waals surface area contributed by atoms with E-state index in [1.165, 1.54) is 0 Å². The molecule has 2 aliphatic rings. The number of hydrogen-bond donors (Lipinski definition) is 4. The van der Waals surface area contributed by atoms with Gasteiger partial charge in [-0.3, -0.25) is 9.59 Å². The van der Waals surface area contributed by atoms with Crippen LogP contribution in [-0.4, -0.2) is 37.5 Å². The van der Waals surface area contributed by atoms with Crippen LogP contribution in [0.3, 0.4) is 0 Å². The summed E-state index contributed by atoms with van der Waals surface area (Å²) in [5.41, 5.74) is 2.56. The molecule has 1 atom stereocenters. The molecule has 2 aliphatic heterocycles. The van der Waals surface area contributed by atoms with Crippen LogP contribution in [-0.2, 0) is 4.79 Å². The zero-order valence-corrected chi connectivity index (χ0v) is 10.5. The number of hydrogen-bond acceptors (Lipinski definition) is 4. The fraction of sp³-hybridized carbons (Fsp3) is 0.385. The Bertz CT molecular complexity index is 529. The number of fused-ring (bicyclic) bond motifs is 1. The van der Waals surface area contributed by atoms with Crippen molar-refractivity contribution >= 4 is 23.2 Å². The quantitative estimate of drug-likeness (QED) is 0.610. The molecule has 0 saturated carbocycles. The Balaban J connectivity index is 1.71. The van der Waals surface area contributed by atoms with E-state index < -0.39 is 0 Å². The van der Waals surface area contributed by atoms with Crippen LogP contribution in [0.4, 0.5) is 11.4 Å². The monoisotopic (exact) mass is 260 g/mol. The van der Waals surface area contributed by atoms with Gasteiger partial charge in [0, 0.05) is 31.6 Å². The van der Waals surface area contributed by atoms with Gasteiger partial charge in [0.1, 0.15) is 0 Å². The first-order chi connectivity index (χ1) is 9.22. The first kappa shape index (κ1) is 11.8. The molecule has 1 aromatic carbocycles. The minimum atomic E-state index is -0.142. The Hall–Kier alpha value is -2.24. The maximum Gasteiger partial charge on any atom is 0.251 e. The molecule has 4 N–H and O–H groups in total. The van der Waals surface area contributed by atoms with Crippen molar-refractivity contribution < 1.29 is 9.59 Å². The van der Waals surface area contributed by atoms with E-state index in [9.17, 15) is 9.59 Å². The van der Waals surface area contributed by atoms with Crippen LogP contribution in [0.5, 0.6) is 0 Å². The summed E-state index contributed by atoms with van der Waals surface area (Å²) in [6, 6.07) is 5.41. The van der Waals surface area contributed by atoms with E-state index in [1.54, 1.807) is 6.07 Å². The first-order valence-electron chi connectivity index (χ1n) is 6.42. The molecule has 19 heavy (non-hydrogen) atoms. The van der Waals surface area contributed by atoms with Crippen molar-refractivity contribution in [3.8, 4) is 0 Å². The van der Waals surface area contributed by atoms with Crippen LogP contribution < -0.4 is 21.3 Å². The summed E-state index contributed by atoms with van der Waals surface area (Å²) in [6.45, 7) is 2.24.